The molecule has 0 amide bonds. The number of aromatic nitrogens is 5. The van der Waals surface area contributed by atoms with Crippen LogP contribution in [0.3, 0.4) is 0 Å². The summed E-state index contributed by atoms with van der Waals surface area (Å²) in [6.07, 6.45) is 14.9. The molecule has 1 atom stereocenters. The number of fused-ring (bicyclic) bond motifs is 1. The standard InChI is InChI=1S/C28H38N6O2/c1-36-22-12-11-20-17-23(27(35)29-24(20)18-22)25(26-30-31-32-34(26)21-9-4-2-5-10-21)33-16-8-15-28(19-33)13-6-3-7-14-28/h11-12,17-18,21,25H,2-10,13-16,19H2,1H3,(H,29,35)/t25-/m1/s1. The number of tetrazole rings is 1. The van der Waals surface area contributed by atoms with Gasteiger partial charge >= 0.3 is 0 Å². The molecule has 3 aliphatic rings. The Morgan fingerprint density at radius 1 is 1.03 bits per heavy atom. The van der Waals surface area contributed by atoms with E-state index in [9.17, 15) is 4.79 Å². The molecule has 1 N–H and O–H groups in total. The lowest BCUT2D eigenvalue weighted by Crippen LogP contribution is -2.47. The Balaban J connectivity index is 1.45. The first-order valence-corrected chi connectivity index (χ1v) is 13.9. The van der Waals surface area contributed by atoms with Gasteiger partial charge in [0.2, 0.25) is 0 Å². The molecule has 1 aliphatic heterocycles. The van der Waals surface area contributed by atoms with Crippen molar-refractivity contribution in [2.45, 2.75) is 89.1 Å². The topological polar surface area (TPSA) is 88.9 Å². The lowest BCUT2D eigenvalue weighted by molar-refractivity contribution is 0.0332. The first-order valence-electron chi connectivity index (χ1n) is 13.9. The summed E-state index contributed by atoms with van der Waals surface area (Å²) >= 11 is 0. The summed E-state index contributed by atoms with van der Waals surface area (Å²) < 4.78 is 7.44. The van der Waals surface area contributed by atoms with Crippen molar-refractivity contribution in [3.63, 3.8) is 0 Å². The monoisotopic (exact) mass is 490 g/mol. The highest BCUT2D eigenvalue weighted by Crippen LogP contribution is 2.46. The second-order valence-electron chi connectivity index (χ2n) is 11.3. The Morgan fingerprint density at radius 3 is 2.61 bits per heavy atom. The largest absolute Gasteiger partial charge is 0.497 e. The van der Waals surface area contributed by atoms with Crippen molar-refractivity contribution in [1.29, 1.82) is 0 Å². The minimum Gasteiger partial charge on any atom is -0.497 e. The van der Waals surface area contributed by atoms with E-state index in [0.29, 0.717) is 11.5 Å². The molecule has 3 fully saturated rings. The maximum absolute atomic E-state index is 13.7. The molecule has 2 aliphatic carbocycles. The highest BCUT2D eigenvalue weighted by molar-refractivity contribution is 5.80. The molecule has 6 rings (SSSR count). The average Bonchev–Trinajstić information content (AvgIpc) is 3.39. The van der Waals surface area contributed by atoms with E-state index in [1.807, 2.05) is 18.2 Å². The molecule has 8 heteroatoms. The number of rotatable bonds is 5. The van der Waals surface area contributed by atoms with Gasteiger partial charge in [0, 0.05) is 18.2 Å². The van der Waals surface area contributed by atoms with Crippen LogP contribution in [0.4, 0.5) is 0 Å². The SMILES string of the molecule is COc1ccc2cc([C@H](c3nnnn3C3CCCCC3)N3CCCC4(CCCCC4)C3)c(=O)[nH]c2c1. The molecule has 2 saturated carbocycles. The number of ether oxygens (including phenoxy) is 1. The molecule has 1 saturated heterocycles. The maximum Gasteiger partial charge on any atom is 0.253 e. The van der Waals surface area contributed by atoms with E-state index < -0.39 is 0 Å². The number of likely N-dealkylation sites (tertiary alicyclic amines) is 1. The highest BCUT2D eigenvalue weighted by atomic mass is 16.5. The van der Waals surface area contributed by atoms with Gasteiger partial charge in [-0.05, 0) is 84.5 Å². The van der Waals surface area contributed by atoms with Gasteiger partial charge in [0.1, 0.15) is 11.8 Å². The van der Waals surface area contributed by atoms with Crippen molar-refractivity contribution in [2.75, 3.05) is 20.2 Å². The molecule has 0 unspecified atom stereocenters. The lowest BCUT2D eigenvalue weighted by atomic mass is 9.69. The number of piperidine rings is 1. The van der Waals surface area contributed by atoms with Gasteiger partial charge in [0.05, 0.1) is 18.7 Å². The van der Waals surface area contributed by atoms with Crippen LogP contribution in [0.5, 0.6) is 5.75 Å². The van der Waals surface area contributed by atoms with Crippen LogP contribution in [-0.4, -0.2) is 50.3 Å². The van der Waals surface area contributed by atoms with Crippen LogP contribution in [0.25, 0.3) is 10.9 Å². The van der Waals surface area contributed by atoms with Crippen LogP contribution < -0.4 is 10.3 Å². The Bertz CT molecular complexity index is 1250. The van der Waals surface area contributed by atoms with Crippen LogP contribution in [0, 0.1) is 5.41 Å². The van der Waals surface area contributed by atoms with Crippen molar-refractivity contribution in [3.05, 3.63) is 46.0 Å². The minimum atomic E-state index is -0.253. The first kappa shape index (κ1) is 23.6. The van der Waals surface area contributed by atoms with Crippen LogP contribution in [-0.2, 0) is 0 Å². The Kier molecular flexibility index (Phi) is 6.54. The molecule has 2 aromatic heterocycles. The quantitative estimate of drug-likeness (QED) is 0.531. The summed E-state index contributed by atoms with van der Waals surface area (Å²) in [5, 5.41) is 14.3. The molecule has 36 heavy (non-hydrogen) atoms. The third-order valence-corrected chi connectivity index (χ3v) is 9.03. The average molecular weight is 491 g/mol. The molecule has 1 aromatic carbocycles. The lowest BCUT2D eigenvalue weighted by Gasteiger charge is -2.47. The Labute approximate surface area is 212 Å². The van der Waals surface area contributed by atoms with E-state index in [1.165, 1.54) is 57.8 Å². The van der Waals surface area contributed by atoms with Crippen molar-refractivity contribution in [1.82, 2.24) is 30.1 Å². The van der Waals surface area contributed by atoms with Gasteiger partial charge in [-0.15, -0.1) is 5.10 Å². The summed E-state index contributed by atoms with van der Waals surface area (Å²) in [6, 6.07) is 7.97. The summed E-state index contributed by atoms with van der Waals surface area (Å²) in [4.78, 5) is 19.3. The van der Waals surface area contributed by atoms with Gasteiger partial charge in [-0.1, -0.05) is 38.5 Å². The Morgan fingerprint density at radius 2 is 1.81 bits per heavy atom. The summed E-state index contributed by atoms with van der Waals surface area (Å²) in [5.74, 6) is 1.56. The Hall–Kier alpha value is -2.74. The predicted molar refractivity (Wildman–Crippen MR) is 139 cm³/mol. The molecular formula is C28H38N6O2. The van der Waals surface area contributed by atoms with Crippen molar-refractivity contribution < 1.29 is 4.74 Å². The molecule has 192 valence electrons. The highest BCUT2D eigenvalue weighted by Gasteiger charge is 2.41. The maximum atomic E-state index is 13.7. The van der Waals surface area contributed by atoms with Gasteiger partial charge in [0.15, 0.2) is 5.82 Å². The summed E-state index contributed by atoms with van der Waals surface area (Å²) in [5.41, 5.74) is 1.82. The zero-order valence-corrected chi connectivity index (χ0v) is 21.4. The smallest absolute Gasteiger partial charge is 0.253 e. The molecule has 3 heterocycles. The third-order valence-electron chi connectivity index (χ3n) is 9.03. The van der Waals surface area contributed by atoms with Crippen molar-refractivity contribution in [3.8, 4) is 5.75 Å². The summed E-state index contributed by atoms with van der Waals surface area (Å²) in [7, 11) is 1.65. The van der Waals surface area contributed by atoms with E-state index in [1.54, 1.807) is 7.11 Å². The van der Waals surface area contributed by atoms with E-state index in [0.717, 1.165) is 60.4 Å². The second kappa shape index (κ2) is 9.96. The molecule has 8 nitrogen and oxygen atoms in total. The fraction of sp³-hybridized carbons (Fsp3) is 0.643. The van der Waals surface area contributed by atoms with Gasteiger partial charge in [-0.2, -0.15) is 0 Å². The fourth-order valence-electron chi connectivity index (χ4n) is 7.17. The number of nitrogens with one attached hydrogen (secondary N) is 1. The van der Waals surface area contributed by atoms with E-state index in [4.69, 9.17) is 4.74 Å². The number of aromatic amines is 1. The van der Waals surface area contributed by atoms with Crippen LogP contribution in [0.1, 0.15) is 101 Å². The van der Waals surface area contributed by atoms with Crippen LogP contribution >= 0.6 is 0 Å². The number of nitrogens with zero attached hydrogens (tertiary/aromatic N) is 5. The number of pyridine rings is 1. The number of benzene rings is 1. The van der Waals surface area contributed by atoms with Gasteiger partial charge in [0.25, 0.3) is 5.56 Å². The molecule has 1 spiro atoms. The predicted octanol–water partition coefficient (Wildman–Crippen LogP) is 5.16. The van der Waals surface area contributed by atoms with Gasteiger partial charge in [-0.25, -0.2) is 4.68 Å². The number of methoxy groups -OCH3 is 1. The van der Waals surface area contributed by atoms with Gasteiger partial charge < -0.3 is 9.72 Å². The zero-order chi connectivity index (χ0) is 24.5. The zero-order valence-electron chi connectivity index (χ0n) is 21.4. The molecular weight excluding hydrogens is 452 g/mol. The molecule has 3 aromatic rings. The molecule has 0 radical (unpaired) electrons. The number of hydrogen-bond acceptors (Lipinski definition) is 6. The summed E-state index contributed by atoms with van der Waals surface area (Å²) in [6.45, 7) is 1.97. The first-order chi connectivity index (χ1) is 17.7. The second-order valence-corrected chi connectivity index (χ2v) is 11.3. The minimum absolute atomic E-state index is 0.0674. The van der Waals surface area contributed by atoms with Crippen LogP contribution in [0.2, 0.25) is 0 Å². The third kappa shape index (κ3) is 4.44. The number of H-pyrrole nitrogens is 1. The number of hydrogen-bond donors (Lipinski definition) is 1. The normalized spacial score (nSPS) is 22.1. The van der Waals surface area contributed by atoms with E-state index in [2.05, 4.69) is 36.2 Å². The molecule has 0 bridgehead atoms. The van der Waals surface area contributed by atoms with E-state index in [-0.39, 0.29) is 11.6 Å². The van der Waals surface area contributed by atoms with Gasteiger partial charge in [-0.3, -0.25) is 9.69 Å². The van der Waals surface area contributed by atoms with Crippen molar-refractivity contribution in [2.24, 2.45) is 5.41 Å². The van der Waals surface area contributed by atoms with E-state index >= 15 is 0 Å². The van der Waals surface area contributed by atoms with Crippen molar-refractivity contribution >= 4 is 10.9 Å². The van der Waals surface area contributed by atoms with Crippen LogP contribution in [0.15, 0.2) is 29.1 Å². The fourth-order valence-corrected chi connectivity index (χ4v) is 7.17.